The molecule has 3 N–H and O–H groups in total. The first kappa shape index (κ1) is 21.7. The van der Waals surface area contributed by atoms with Crippen LogP contribution in [0.2, 0.25) is 0 Å². The fourth-order valence-corrected chi connectivity index (χ4v) is 0.581. The van der Waals surface area contributed by atoms with Crippen LogP contribution >= 0.6 is 0 Å². The van der Waals surface area contributed by atoms with Gasteiger partial charge in [-0.15, -0.1) is 0 Å². The summed E-state index contributed by atoms with van der Waals surface area (Å²) in [5.41, 5.74) is 0.331. The SMILES string of the molecule is CC(=O)O.CC(=O)O.O=C(O)c1ccccc1.[H-].[H-].[Mg+2]. The van der Waals surface area contributed by atoms with E-state index in [1.807, 2.05) is 0 Å². The van der Waals surface area contributed by atoms with Crippen LogP contribution in [0.3, 0.4) is 0 Å². The van der Waals surface area contributed by atoms with Gasteiger partial charge < -0.3 is 18.2 Å². The summed E-state index contributed by atoms with van der Waals surface area (Å²) in [5.74, 6) is -2.55. The van der Waals surface area contributed by atoms with Crippen LogP contribution in [0, 0.1) is 0 Å². The van der Waals surface area contributed by atoms with E-state index in [1.54, 1.807) is 30.3 Å². The van der Waals surface area contributed by atoms with E-state index >= 15 is 0 Å². The number of aliphatic carboxylic acids is 2. The minimum Gasteiger partial charge on any atom is -1.00 e. The Morgan fingerprint density at radius 1 is 0.889 bits per heavy atom. The third-order valence-corrected chi connectivity index (χ3v) is 1.02. The molecule has 98 valence electrons. The van der Waals surface area contributed by atoms with Crippen LogP contribution < -0.4 is 0 Å². The van der Waals surface area contributed by atoms with Gasteiger partial charge in [0.05, 0.1) is 5.56 Å². The molecule has 0 heterocycles. The Kier molecular flexibility index (Phi) is 16.2. The van der Waals surface area contributed by atoms with E-state index in [0.29, 0.717) is 5.56 Å². The van der Waals surface area contributed by atoms with Gasteiger partial charge in [0, 0.05) is 13.8 Å². The summed E-state index contributed by atoms with van der Waals surface area (Å²) in [6.45, 7) is 2.17. The molecule has 0 spiro atoms. The van der Waals surface area contributed by atoms with Gasteiger partial charge in [0.15, 0.2) is 0 Å². The topological polar surface area (TPSA) is 112 Å². The van der Waals surface area contributed by atoms with Gasteiger partial charge in [-0.25, -0.2) is 4.79 Å². The number of hydrogen-bond acceptors (Lipinski definition) is 3. The molecule has 0 radical (unpaired) electrons. The van der Waals surface area contributed by atoms with Crippen LogP contribution in [0.15, 0.2) is 30.3 Å². The molecule has 6 nitrogen and oxygen atoms in total. The smallest absolute Gasteiger partial charge is 1.00 e. The first-order valence-electron chi connectivity index (χ1n) is 4.44. The van der Waals surface area contributed by atoms with Crippen molar-refractivity contribution < 1.29 is 32.6 Å². The van der Waals surface area contributed by atoms with Crippen molar-refractivity contribution in [3.8, 4) is 0 Å². The summed E-state index contributed by atoms with van der Waals surface area (Å²) in [4.78, 5) is 28.2. The Balaban J connectivity index is -0.0000000597. The average molecular weight is 269 g/mol. The summed E-state index contributed by atoms with van der Waals surface area (Å²) >= 11 is 0. The molecule has 1 rings (SSSR count). The quantitative estimate of drug-likeness (QED) is 0.664. The Labute approximate surface area is 123 Å². The Bertz CT molecular complexity index is 352. The van der Waals surface area contributed by atoms with Crippen LogP contribution in [0.1, 0.15) is 27.1 Å². The van der Waals surface area contributed by atoms with E-state index in [0.717, 1.165) is 13.8 Å². The van der Waals surface area contributed by atoms with Gasteiger partial charge >= 0.3 is 29.0 Å². The molecule has 7 heteroatoms. The van der Waals surface area contributed by atoms with Crippen molar-refractivity contribution in [1.29, 1.82) is 0 Å². The largest absolute Gasteiger partial charge is 2.00 e. The van der Waals surface area contributed by atoms with Crippen LogP contribution in [0.5, 0.6) is 0 Å². The fourth-order valence-electron chi connectivity index (χ4n) is 0.581. The Hall–Kier alpha value is -1.60. The molecular weight excluding hydrogens is 252 g/mol. The van der Waals surface area contributed by atoms with Gasteiger partial charge in [0.25, 0.3) is 11.9 Å². The summed E-state index contributed by atoms with van der Waals surface area (Å²) in [5, 5.41) is 23.2. The molecule has 0 amide bonds. The number of benzene rings is 1. The Morgan fingerprint density at radius 2 is 1.17 bits per heavy atom. The van der Waals surface area contributed by atoms with Crippen LogP contribution in [0.4, 0.5) is 0 Å². The molecule has 0 bridgehead atoms. The van der Waals surface area contributed by atoms with E-state index in [1.165, 1.54) is 0 Å². The van der Waals surface area contributed by atoms with Gasteiger partial charge in [0.1, 0.15) is 0 Å². The van der Waals surface area contributed by atoms with Crippen molar-refractivity contribution in [2.75, 3.05) is 0 Å². The molecule has 1 aromatic rings. The molecule has 0 aromatic heterocycles. The average Bonchev–Trinajstić information content (AvgIpc) is 2.17. The van der Waals surface area contributed by atoms with E-state index in [9.17, 15) is 4.79 Å². The maximum Gasteiger partial charge on any atom is 2.00 e. The number of carboxylic acid groups (broad SMARTS) is 3. The van der Waals surface area contributed by atoms with Crippen molar-refractivity contribution in [1.82, 2.24) is 0 Å². The molecule has 0 fully saturated rings. The summed E-state index contributed by atoms with van der Waals surface area (Å²) in [6.07, 6.45) is 0. The molecule has 1 aromatic carbocycles. The number of carboxylic acids is 3. The minimum absolute atomic E-state index is 0. The maximum atomic E-state index is 10.2. The number of aromatic carboxylic acids is 1. The second-order valence-electron chi connectivity index (χ2n) is 2.71. The van der Waals surface area contributed by atoms with Gasteiger partial charge in [0.2, 0.25) is 0 Å². The molecule has 18 heavy (non-hydrogen) atoms. The molecule has 0 unspecified atom stereocenters. The maximum absolute atomic E-state index is 10.2. The van der Waals surface area contributed by atoms with Crippen molar-refractivity contribution in [2.45, 2.75) is 13.8 Å². The second kappa shape index (κ2) is 13.5. The third-order valence-electron chi connectivity index (χ3n) is 1.02. The van der Waals surface area contributed by atoms with Crippen molar-refractivity contribution in [2.24, 2.45) is 0 Å². The molecule has 0 aliphatic rings. The predicted octanol–water partition coefficient (Wildman–Crippen LogP) is 1.41. The zero-order valence-electron chi connectivity index (χ0n) is 12.2. The first-order chi connectivity index (χ1) is 7.77. The van der Waals surface area contributed by atoms with E-state index in [-0.39, 0.29) is 25.9 Å². The molecule has 0 aliphatic heterocycles. The van der Waals surface area contributed by atoms with Gasteiger partial charge in [-0.1, -0.05) is 18.2 Å². The number of hydrogen-bond donors (Lipinski definition) is 3. The molecule has 0 saturated heterocycles. The number of rotatable bonds is 1. The third kappa shape index (κ3) is 23.9. The van der Waals surface area contributed by atoms with Crippen LogP contribution in [-0.4, -0.2) is 56.3 Å². The molecular formula is C11H16MgO6. The standard InChI is InChI=1S/C7H6O2.2C2H4O2.Mg.2H/c8-7(9)6-4-2-1-3-5-6;2*1-2(3)4;;;/h1-5H,(H,8,9);2*1H3,(H,3,4);;;/q;;;+2;2*-1. The van der Waals surface area contributed by atoms with E-state index < -0.39 is 17.9 Å². The second-order valence-corrected chi connectivity index (χ2v) is 2.71. The molecule has 0 atom stereocenters. The summed E-state index contributed by atoms with van der Waals surface area (Å²) in [7, 11) is 0. The monoisotopic (exact) mass is 268 g/mol. The number of carbonyl (C=O) groups is 3. The Morgan fingerprint density at radius 3 is 1.33 bits per heavy atom. The van der Waals surface area contributed by atoms with Crippen molar-refractivity contribution in [3.63, 3.8) is 0 Å². The van der Waals surface area contributed by atoms with Gasteiger partial charge in [-0.2, -0.15) is 0 Å². The van der Waals surface area contributed by atoms with Crippen molar-refractivity contribution in [3.05, 3.63) is 35.9 Å². The van der Waals surface area contributed by atoms with E-state index in [2.05, 4.69) is 0 Å². The van der Waals surface area contributed by atoms with Crippen LogP contribution in [-0.2, 0) is 9.59 Å². The summed E-state index contributed by atoms with van der Waals surface area (Å²) < 4.78 is 0. The molecule has 0 aliphatic carbocycles. The van der Waals surface area contributed by atoms with Crippen molar-refractivity contribution >= 4 is 41.0 Å². The normalized spacial score (nSPS) is 7.22. The predicted molar refractivity (Wildman–Crippen MR) is 68.0 cm³/mol. The van der Waals surface area contributed by atoms with Gasteiger partial charge in [-0.3, -0.25) is 9.59 Å². The minimum atomic E-state index is -0.879. The van der Waals surface area contributed by atoms with Crippen LogP contribution in [0.25, 0.3) is 0 Å². The van der Waals surface area contributed by atoms with Gasteiger partial charge in [-0.05, 0) is 12.1 Å². The van der Waals surface area contributed by atoms with E-state index in [4.69, 9.17) is 24.9 Å². The zero-order valence-corrected chi connectivity index (χ0v) is 11.6. The zero-order chi connectivity index (χ0) is 13.8. The fraction of sp³-hybridized carbons (Fsp3) is 0.182. The summed E-state index contributed by atoms with van der Waals surface area (Å²) in [6, 6.07) is 8.30. The first-order valence-corrected chi connectivity index (χ1v) is 4.44. The molecule has 0 saturated carbocycles.